The molecule has 1 heterocycles. The van der Waals surface area contributed by atoms with Crippen molar-refractivity contribution in [1.82, 2.24) is 10.2 Å². The molecule has 1 aliphatic rings. The number of hydrogen-bond donors (Lipinski definition) is 1. The van der Waals surface area contributed by atoms with E-state index in [0.717, 1.165) is 0 Å². The average molecular weight is 186 g/mol. The summed E-state index contributed by atoms with van der Waals surface area (Å²) >= 11 is 0. The molecule has 13 heavy (non-hydrogen) atoms. The molecule has 5 nitrogen and oxygen atoms in total. The Morgan fingerprint density at radius 3 is 2.54 bits per heavy atom. The SMILES string of the molecule is CCN1C(=O)NC(C)(COC)C1=O. The monoisotopic (exact) mass is 186 g/mol. The molecule has 1 unspecified atom stereocenters. The van der Waals surface area contributed by atoms with Crippen molar-refractivity contribution in [1.29, 1.82) is 0 Å². The Bertz CT molecular complexity index is 242. The van der Waals surface area contributed by atoms with Crippen molar-refractivity contribution in [2.24, 2.45) is 0 Å². The van der Waals surface area contributed by atoms with Gasteiger partial charge in [0.2, 0.25) is 0 Å². The zero-order chi connectivity index (χ0) is 10.1. The Labute approximate surface area is 77.0 Å². The third-order valence-electron chi connectivity index (χ3n) is 2.09. The van der Waals surface area contributed by atoms with Crippen molar-refractivity contribution < 1.29 is 14.3 Å². The zero-order valence-electron chi connectivity index (χ0n) is 8.09. The van der Waals surface area contributed by atoms with Crippen molar-refractivity contribution in [2.45, 2.75) is 19.4 Å². The number of hydrogen-bond acceptors (Lipinski definition) is 3. The number of urea groups is 1. The number of nitrogens with zero attached hydrogens (tertiary/aromatic N) is 1. The first-order valence-electron chi connectivity index (χ1n) is 4.18. The van der Waals surface area contributed by atoms with E-state index >= 15 is 0 Å². The molecular formula is C8H14N2O3. The molecule has 0 aliphatic carbocycles. The van der Waals surface area contributed by atoms with Crippen LogP contribution in [0.2, 0.25) is 0 Å². The molecule has 1 atom stereocenters. The van der Waals surface area contributed by atoms with Crippen LogP contribution < -0.4 is 5.32 Å². The van der Waals surface area contributed by atoms with E-state index in [-0.39, 0.29) is 18.5 Å². The number of carbonyl (C=O) groups is 2. The lowest BCUT2D eigenvalue weighted by molar-refractivity contribution is -0.132. The Balaban J connectivity index is 2.83. The van der Waals surface area contributed by atoms with Crippen LogP contribution >= 0.6 is 0 Å². The quantitative estimate of drug-likeness (QED) is 0.629. The topological polar surface area (TPSA) is 58.6 Å². The second-order valence-electron chi connectivity index (χ2n) is 3.24. The Morgan fingerprint density at radius 2 is 2.15 bits per heavy atom. The van der Waals surface area contributed by atoms with Gasteiger partial charge in [0.25, 0.3) is 5.91 Å². The molecule has 5 heteroatoms. The largest absolute Gasteiger partial charge is 0.382 e. The minimum atomic E-state index is -0.887. The van der Waals surface area contributed by atoms with Crippen molar-refractivity contribution in [3.63, 3.8) is 0 Å². The number of nitrogens with one attached hydrogen (secondary N) is 1. The summed E-state index contributed by atoms with van der Waals surface area (Å²) in [5, 5.41) is 2.59. The van der Waals surface area contributed by atoms with Gasteiger partial charge in [0, 0.05) is 13.7 Å². The molecule has 0 spiro atoms. The normalized spacial score (nSPS) is 28.1. The molecular weight excluding hydrogens is 172 g/mol. The Hall–Kier alpha value is -1.10. The predicted octanol–water partition coefficient (Wildman–Crippen LogP) is -0.0368. The number of amides is 3. The fraction of sp³-hybridized carbons (Fsp3) is 0.750. The van der Waals surface area contributed by atoms with E-state index in [4.69, 9.17) is 4.74 Å². The van der Waals surface area contributed by atoms with Gasteiger partial charge in [0.1, 0.15) is 5.54 Å². The van der Waals surface area contributed by atoms with Gasteiger partial charge in [-0.3, -0.25) is 9.69 Å². The van der Waals surface area contributed by atoms with Crippen LogP contribution in [-0.4, -0.2) is 42.6 Å². The smallest absolute Gasteiger partial charge is 0.325 e. The lowest BCUT2D eigenvalue weighted by Crippen LogP contribution is -2.47. The number of ether oxygens (including phenoxy) is 1. The van der Waals surface area contributed by atoms with Crippen molar-refractivity contribution >= 4 is 11.9 Å². The molecule has 0 radical (unpaired) electrons. The summed E-state index contributed by atoms with van der Waals surface area (Å²) in [7, 11) is 1.50. The molecule has 1 fully saturated rings. The Morgan fingerprint density at radius 1 is 1.54 bits per heavy atom. The lowest BCUT2D eigenvalue weighted by atomic mass is 10.0. The van der Waals surface area contributed by atoms with Gasteiger partial charge in [-0.1, -0.05) is 0 Å². The summed E-state index contributed by atoms with van der Waals surface area (Å²) in [6.07, 6.45) is 0. The van der Waals surface area contributed by atoms with E-state index in [1.54, 1.807) is 13.8 Å². The van der Waals surface area contributed by atoms with Crippen molar-refractivity contribution in [3.05, 3.63) is 0 Å². The highest BCUT2D eigenvalue weighted by atomic mass is 16.5. The van der Waals surface area contributed by atoms with Crippen LogP contribution in [0.3, 0.4) is 0 Å². The fourth-order valence-electron chi connectivity index (χ4n) is 1.42. The first-order valence-corrected chi connectivity index (χ1v) is 4.18. The summed E-state index contributed by atoms with van der Waals surface area (Å²) in [6.45, 7) is 4.01. The van der Waals surface area contributed by atoms with Crippen LogP contribution in [0, 0.1) is 0 Å². The zero-order valence-corrected chi connectivity index (χ0v) is 8.09. The maximum Gasteiger partial charge on any atom is 0.325 e. The van der Waals surface area contributed by atoms with E-state index in [2.05, 4.69) is 5.32 Å². The van der Waals surface area contributed by atoms with Gasteiger partial charge in [-0.2, -0.15) is 0 Å². The van der Waals surface area contributed by atoms with E-state index in [1.165, 1.54) is 12.0 Å². The molecule has 0 saturated carbocycles. The minimum Gasteiger partial charge on any atom is -0.382 e. The van der Waals surface area contributed by atoms with Gasteiger partial charge >= 0.3 is 6.03 Å². The van der Waals surface area contributed by atoms with Crippen LogP contribution in [0.5, 0.6) is 0 Å². The Kier molecular flexibility index (Phi) is 2.56. The molecule has 1 N–H and O–H groups in total. The first kappa shape index (κ1) is 9.98. The summed E-state index contributed by atoms with van der Waals surface area (Å²) in [5.41, 5.74) is -0.887. The van der Waals surface area contributed by atoms with E-state index < -0.39 is 5.54 Å². The maximum absolute atomic E-state index is 11.6. The third-order valence-corrected chi connectivity index (χ3v) is 2.09. The number of methoxy groups -OCH3 is 1. The third kappa shape index (κ3) is 1.51. The number of imide groups is 1. The highest BCUT2D eigenvalue weighted by molar-refractivity contribution is 6.06. The average Bonchev–Trinajstić information content (AvgIpc) is 2.24. The molecule has 74 valence electrons. The minimum absolute atomic E-state index is 0.202. The second-order valence-corrected chi connectivity index (χ2v) is 3.24. The summed E-state index contributed by atoms with van der Waals surface area (Å²) in [6, 6.07) is -0.341. The lowest BCUT2D eigenvalue weighted by Gasteiger charge is -2.19. The number of likely N-dealkylation sites (N-methyl/N-ethyl adjacent to an activating group) is 1. The van der Waals surface area contributed by atoms with Crippen molar-refractivity contribution in [2.75, 3.05) is 20.3 Å². The highest BCUT2D eigenvalue weighted by Crippen LogP contribution is 2.17. The van der Waals surface area contributed by atoms with Gasteiger partial charge in [0.15, 0.2) is 0 Å². The molecule has 0 bridgehead atoms. The van der Waals surface area contributed by atoms with E-state index in [0.29, 0.717) is 6.54 Å². The van der Waals surface area contributed by atoms with Crippen LogP contribution in [0.4, 0.5) is 4.79 Å². The van der Waals surface area contributed by atoms with Crippen LogP contribution in [-0.2, 0) is 9.53 Å². The highest BCUT2D eigenvalue weighted by Gasteiger charge is 2.46. The van der Waals surface area contributed by atoms with Gasteiger partial charge < -0.3 is 10.1 Å². The van der Waals surface area contributed by atoms with Gasteiger partial charge in [-0.25, -0.2) is 4.79 Å². The van der Waals surface area contributed by atoms with Crippen molar-refractivity contribution in [3.8, 4) is 0 Å². The standard InChI is InChI=1S/C8H14N2O3/c1-4-10-6(11)8(2,5-13-3)9-7(10)12/h4-5H2,1-3H3,(H,9,12). The molecule has 1 saturated heterocycles. The number of carbonyl (C=O) groups excluding carboxylic acids is 2. The second kappa shape index (κ2) is 3.33. The molecule has 0 aromatic rings. The molecule has 3 amide bonds. The molecule has 1 aliphatic heterocycles. The maximum atomic E-state index is 11.6. The van der Waals surface area contributed by atoms with E-state index in [1.807, 2.05) is 0 Å². The summed E-state index contributed by atoms with van der Waals surface area (Å²) < 4.78 is 4.88. The number of rotatable bonds is 3. The van der Waals surface area contributed by atoms with Gasteiger partial charge in [0.05, 0.1) is 6.61 Å². The summed E-state index contributed by atoms with van der Waals surface area (Å²) in [4.78, 5) is 24.0. The first-order chi connectivity index (χ1) is 6.05. The summed E-state index contributed by atoms with van der Waals surface area (Å²) in [5.74, 6) is -0.221. The molecule has 1 rings (SSSR count). The van der Waals surface area contributed by atoms with E-state index in [9.17, 15) is 9.59 Å². The predicted molar refractivity (Wildman–Crippen MR) is 46.2 cm³/mol. The van der Waals surface area contributed by atoms with Gasteiger partial charge in [-0.15, -0.1) is 0 Å². The molecule has 0 aromatic heterocycles. The van der Waals surface area contributed by atoms with Crippen LogP contribution in [0.1, 0.15) is 13.8 Å². The fourth-order valence-corrected chi connectivity index (χ4v) is 1.42. The van der Waals surface area contributed by atoms with Gasteiger partial charge in [-0.05, 0) is 13.8 Å². The van der Waals surface area contributed by atoms with Crippen LogP contribution in [0.25, 0.3) is 0 Å². The van der Waals surface area contributed by atoms with Crippen LogP contribution in [0.15, 0.2) is 0 Å². The molecule has 0 aromatic carbocycles.